The Morgan fingerprint density at radius 1 is 1.13 bits per heavy atom. The molecule has 0 saturated carbocycles. The van der Waals surface area contributed by atoms with E-state index in [1.807, 2.05) is 19.1 Å². The van der Waals surface area contributed by atoms with Gasteiger partial charge in [0.1, 0.15) is 0 Å². The van der Waals surface area contributed by atoms with Crippen LogP contribution in [-0.4, -0.2) is 21.2 Å². The summed E-state index contributed by atoms with van der Waals surface area (Å²) in [4.78, 5) is 0. The summed E-state index contributed by atoms with van der Waals surface area (Å²) in [6.07, 6.45) is 0. The second kappa shape index (κ2) is 5.47. The minimum atomic E-state index is -2.46. The fourth-order valence-corrected chi connectivity index (χ4v) is 1.96. The maximum Gasteiger partial charge on any atom is 0.248 e. The minimum absolute atomic E-state index is 0.0491. The molecule has 0 spiro atoms. The summed E-state index contributed by atoms with van der Waals surface area (Å²) in [7, 11) is 0. The topological polar surface area (TPSA) is 77.8 Å². The van der Waals surface area contributed by atoms with E-state index in [4.69, 9.17) is 9.11 Å². The van der Waals surface area contributed by atoms with E-state index in [1.165, 1.54) is 0 Å². The van der Waals surface area contributed by atoms with E-state index >= 15 is 0 Å². The Morgan fingerprint density at radius 3 is 2.00 bits per heavy atom. The summed E-state index contributed by atoms with van der Waals surface area (Å²) in [5, 5.41) is 0. The van der Waals surface area contributed by atoms with Crippen molar-refractivity contribution in [3.8, 4) is 0 Å². The van der Waals surface area contributed by atoms with Gasteiger partial charge in [0.2, 0.25) is 22.5 Å². The highest BCUT2D eigenvalue weighted by atomic mass is 32.3. The molecule has 7 heteroatoms. The fraction of sp³-hybridized carbons (Fsp3) is 0.250. The van der Waals surface area contributed by atoms with Crippen molar-refractivity contribution in [2.75, 3.05) is 0 Å². The molecule has 1 aromatic rings. The van der Waals surface area contributed by atoms with Crippen molar-refractivity contribution in [1.29, 1.82) is 0 Å². The number of benzene rings is 1. The van der Waals surface area contributed by atoms with Crippen LogP contribution in [0.3, 0.4) is 0 Å². The van der Waals surface area contributed by atoms with E-state index in [9.17, 15) is 8.42 Å². The van der Waals surface area contributed by atoms with Crippen LogP contribution in [0.4, 0.5) is 0 Å². The number of hydrogen-bond acceptors (Lipinski definition) is 2. The minimum Gasteiger partial charge on any atom is -0.293 e. The molecule has 0 fully saturated rings. The third-order valence-electron chi connectivity index (χ3n) is 1.78. The highest BCUT2D eigenvalue weighted by molar-refractivity contribution is 7.92. The maximum atomic E-state index is 10.7. The summed E-state index contributed by atoms with van der Waals surface area (Å²) in [6, 6.07) is 7.13. The molecular weight excluding hydrogens is 238 g/mol. The third-order valence-corrected chi connectivity index (χ3v) is 3.50. The van der Waals surface area contributed by atoms with Gasteiger partial charge in [-0.2, -0.15) is 0 Å². The SMILES string of the molecule is Cc1ccc(CN(S(=O)O)S(=O)O)cc1. The molecule has 1 rings (SSSR count). The van der Waals surface area contributed by atoms with Crippen molar-refractivity contribution in [2.24, 2.45) is 0 Å². The molecule has 0 aliphatic carbocycles. The number of nitrogens with zero attached hydrogens (tertiary/aromatic N) is 1. The molecular formula is C8H11NO4S2. The Morgan fingerprint density at radius 2 is 1.60 bits per heavy atom. The third kappa shape index (κ3) is 3.80. The highest BCUT2D eigenvalue weighted by Gasteiger charge is 2.17. The molecule has 0 aliphatic heterocycles. The van der Waals surface area contributed by atoms with Gasteiger partial charge in [0, 0.05) is 0 Å². The zero-order valence-corrected chi connectivity index (χ0v) is 9.62. The molecule has 0 radical (unpaired) electrons. The standard InChI is InChI=1S/C8H11NO4S2/c1-7-2-4-8(5-3-7)6-9(14(10)11)15(12)13/h2-5H,6H2,1H3,(H,10,11)(H,12,13). The molecule has 0 aliphatic rings. The number of aryl methyl sites for hydroxylation is 1. The van der Waals surface area contributed by atoms with Crippen molar-refractivity contribution in [2.45, 2.75) is 13.5 Å². The predicted octanol–water partition coefficient (Wildman–Crippen LogP) is 1.07. The molecule has 0 amide bonds. The van der Waals surface area contributed by atoms with Crippen molar-refractivity contribution < 1.29 is 17.5 Å². The maximum absolute atomic E-state index is 10.7. The van der Waals surface area contributed by atoms with Gasteiger partial charge in [-0.25, -0.2) is 8.42 Å². The van der Waals surface area contributed by atoms with Crippen molar-refractivity contribution in [3.05, 3.63) is 35.4 Å². The molecule has 0 aromatic heterocycles. The van der Waals surface area contributed by atoms with Crippen LogP contribution >= 0.6 is 0 Å². The first-order chi connectivity index (χ1) is 7.00. The van der Waals surface area contributed by atoms with Crippen LogP contribution in [0, 0.1) is 6.92 Å². The zero-order chi connectivity index (χ0) is 11.4. The van der Waals surface area contributed by atoms with Crippen LogP contribution in [0.2, 0.25) is 0 Å². The lowest BCUT2D eigenvalue weighted by Crippen LogP contribution is -2.26. The van der Waals surface area contributed by atoms with Gasteiger partial charge in [0.15, 0.2) is 0 Å². The van der Waals surface area contributed by atoms with Crippen LogP contribution in [0.5, 0.6) is 0 Å². The smallest absolute Gasteiger partial charge is 0.248 e. The summed E-state index contributed by atoms with van der Waals surface area (Å²) >= 11 is -4.91. The van der Waals surface area contributed by atoms with Crippen molar-refractivity contribution >= 4 is 22.5 Å². The Balaban J connectivity index is 2.79. The van der Waals surface area contributed by atoms with E-state index in [0.717, 1.165) is 5.56 Å². The van der Waals surface area contributed by atoms with Crippen molar-refractivity contribution in [1.82, 2.24) is 3.71 Å². The Labute approximate surface area is 92.9 Å². The van der Waals surface area contributed by atoms with Crippen molar-refractivity contribution in [3.63, 3.8) is 0 Å². The molecule has 0 saturated heterocycles. The van der Waals surface area contributed by atoms with Gasteiger partial charge < -0.3 is 0 Å². The molecule has 1 aromatic carbocycles. The van der Waals surface area contributed by atoms with E-state index in [-0.39, 0.29) is 6.54 Å². The molecule has 0 heterocycles. The van der Waals surface area contributed by atoms with Crippen LogP contribution < -0.4 is 0 Å². The quantitative estimate of drug-likeness (QED) is 0.782. The van der Waals surface area contributed by atoms with Crippen LogP contribution in [-0.2, 0) is 29.1 Å². The Bertz CT molecular complexity index is 365. The molecule has 2 N–H and O–H groups in total. The summed E-state index contributed by atoms with van der Waals surface area (Å²) in [6.45, 7) is 1.86. The lowest BCUT2D eigenvalue weighted by Gasteiger charge is -2.12. The lowest BCUT2D eigenvalue weighted by molar-refractivity contribution is 0.461. The molecule has 0 bridgehead atoms. The highest BCUT2D eigenvalue weighted by Crippen LogP contribution is 2.09. The van der Waals surface area contributed by atoms with Gasteiger partial charge in [-0.15, -0.1) is 0 Å². The van der Waals surface area contributed by atoms with Gasteiger partial charge in [-0.05, 0) is 12.5 Å². The number of rotatable bonds is 4. The first kappa shape index (κ1) is 12.5. The van der Waals surface area contributed by atoms with Gasteiger partial charge in [0.05, 0.1) is 6.54 Å². The second-order valence-electron chi connectivity index (χ2n) is 2.94. The summed E-state index contributed by atoms with van der Waals surface area (Å²) in [5.41, 5.74) is 1.76. The lowest BCUT2D eigenvalue weighted by atomic mass is 10.2. The summed E-state index contributed by atoms with van der Waals surface area (Å²) in [5.74, 6) is 0. The van der Waals surface area contributed by atoms with Crippen LogP contribution in [0.1, 0.15) is 11.1 Å². The average molecular weight is 249 g/mol. The molecule has 2 unspecified atom stereocenters. The van der Waals surface area contributed by atoms with E-state index < -0.39 is 22.5 Å². The number of hydrogen-bond donors (Lipinski definition) is 2. The molecule has 84 valence electrons. The first-order valence-corrected chi connectivity index (χ1v) is 6.18. The molecule has 2 atom stereocenters. The molecule has 5 nitrogen and oxygen atoms in total. The van der Waals surface area contributed by atoms with Gasteiger partial charge >= 0.3 is 0 Å². The van der Waals surface area contributed by atoms with E-state index in [1.54, 1.807) is 12.1 Å². The Hall–Kier alpha value is -0.600. The normalized spacial score (nSPS) is 15.2. The van der Waals surface area contributed by atoms with Gasteiger partial charge in [-0.1, -0.05) is 33.5 Å². The van der Waals surface area contributed by atoms with Crippen LogP contribution in [0.15, 0.2) is 24.3 Å². The zero-order valence-electron chi connectivity index (χ0n) is 7.99. The average Bonchev–Trinajstić information content (AvgIpc) is 2.15. The molecule has 15 heavy (non-hydrogen) atoms. The summed E-state index contributed by atoms with van der Waals surface area (Å²) < 4.78 is 39.4. The second-order valence-corrected chi connectivity index (χ2v) is 4.97. The van der Waals surface area contributed by atoms with Gasteiger partial charge in [-0.3, -0.25) is 9.11 Å². The first-order valence-electron chi connectivity index (χ1n) is 4.05. The Kier molecular flexibility index (Phi) is 4.55. The van der Waals surface area contributed by atoms with E-state index in [2.05, 4.69) is 0 Å². The van der Waals surface area contributed by atoms with Crippen LogP contribution in [0.25, 0.3) is 0 Å². The monoisotopic (exact) mass is 249 g/mol. The van der Waals surface area contributed by atoms with E-state index in [0.29, 0.717) is 9.27 Å². The fourth-order valence-electron chi connectivity index (χ4n) is 1.01. The predicted molar refractivity (Wildman–Crippen MR) is 58.3 cm³/mol. The van der Waals surface area contributed by atoms with Gasteiger partial charge in [0.25, 0.3) is 0 Å². The largest absolute Gasteiger partial charge is 0.293 e.